The molecule has 0 aliphatic heterocycles. The Kier molecular flexibility index (Phi) is 10.2. The van der Waals surface area contributed by atoms with Gasteiger partial charge in [-0.3, -0.25) is 9.59 Å². The van der Waals surface area contributed by atoms with Crippen molar-refractivity contribution in [1.29, 1.82) is 0 Å². The van der Waals surface area contributed by atoms with Gasteiger partial charge < -0.3 is 10.1 Å². The van der Waals surface area contributed by atoms with Crippen molar-refractivity contribution in [1.82, 2.24) is 0 Å². The van der Waals surface area contributed by atoms with Crippen LogP contribution >= 0.6 is 11.8 Å². The first-order valence-corrected chi connectivity index (χ1v) is 16.1. The lowest BCUT2D eigenvalue weighted by molar-refractivity contribution is -0.158. The zero-order chi connectivity index (χ0) is 31.7. The van der Waals surface area contributed by atoms with E-state index >= 15 is 0 Å². The van der Waals surface area contributed by atoms with Gasteiger partial charge in [0.1, 0.15) is 5.60 Å². The normalized spacial score (nSPS) is 12.2. The molecule has 0 saturated heterocycles. The lowest BCUT2D eigenvalue weighted by Crippen LogP contribution is -2.35. The molecule has 0 spiro atoms. The summed E-state index contributed by atoms with van der Waals surface area (Å²) in [5.41, 5.74) is 5.80. The van der Waals surface area contributed by atoms with Crippen molar-refractivity contribution in [2.45, 2.75) is 31.1 Å². The van der Waals surface area contributed by atoms with E-state index in [1.165, 1.54) is 0 Å². The van der Waals surface area contributed by atoms with E-state index in [2.05, 4.69) is 84.4 Å². The van der Waals surface area contributed by atoms with E-state index in [-0.39, 0.29) is 5.97 Å². The first kappa shape index (κ1) is 31.8. The highest BCUT2D eigenvalue weighted by atomic mass is 32.2. The highest BCUT2D eigenvalue weighted by Gasteiger charge is 2.39. The van der Waals surface area contributed by atoms with E-state index in [0.717, 1.165) is 33.5 Å². The molecule has 4 nitrogen and oxygen atoms in total. The van der Waals surface area contributed by atoms with Crippen LogP contribution in [0.15, 0.2) is 140 Å². The summed E-state index contributed by atoms with van der Waals surface area (Å²) < 4.78 is 5.39. The van der Waals surface area contributed by atoms with Crippen molar-refractivity contribution in [2.75, 3.05) is 17.6 Å². The second-order valence-corrected chi connectivity index (χ2v) is 13.2. The molecule has 5 heteroatoms. The molecule has 0 fully saturated rings. The van der Waals surface area contributed by atoms with Crippen LogP contribution in [0.2, 0.25) is 0 Å². The Morgan fingerprint density at radius 2 is 1.22 bits per heavy atom. The number of thioether (sulfide) groups is 1. The maximum Gasteiger partial charge on any atom is 0.312 e. The van der Waals surface area contributed by atoms with Gasteiger partial charge in [0.2, 0.25) is 6.29 Å². The Bertz CT molecular complexity index is 1590. The lowest BCUT2D eigenvalue weighted by atomic mass is 9.84. The second kappa shape index (κ2) is 14.4. The van der Waals surface area contributed by atoms with Crippen LogP contribution in [0.3, 0.4) is 0 Å². The third-order valence-electron chi connectivity index (χ3n) is 7.55. The first-order chi connectivity index (χ1) is 21.8. The van der Waals surface area contributed by atoms with Crippen molar-refractivity contribution >= 4 is 29.7 Å². The zero-order valence-corrected chi connectivity index (χ0v) is 26.7. The zero-order valence-electron chi connectivity index (χ0n) is 25.9. The molecule has 0 amide bonds. The molecule has 1 N–H and O–H groups in total. The van der Waals surface area contributed by atoms with E-state index in [4.69, 9.17) is 4.74 Å². The predicted molar refractivity (Wildman–Crippen MR) is 186 cm³/mol. The summed E-state index contributed by atoms with van der Waals surface area (Å²) in [5.74, 6) is -0.235. The molecular weight excluding hydrogens is 575 g/mol. The number of hydrogen-bond acceptors (Lipinski definition) is 5. The predicted octanol–water partition coefficient (Wildman–Crippen LogP) is 8.91. The van der Waals surface area contributed by atoms with Gasteiger partial charge in [0, 0.05) is 23.5 Å². The molecule has 0 bridgehead atoms. The summed E-state index contributed by atoms with van der Waals surface area (Å²) >= 11 is 1.74. The fourth-order valence-electron chi connectivity index (χ4n) is 5.43. The van der Waals surface area contributed by atoms with E-state index < -0.39 is 16.3 Å². The number of anilines is 1. The molecule has 1 atom stereocenters. The number of rotatable bonds is 12. The van der Waals surface area contributed by atoms with E-state index in [1.54, 1.807) is 17.8 Å². The van der Waals surface area contributed by atoms with Gasteiger partial charge in [-0.15, -0.1) is 11.8 Å². The number of hydrogen-bond donors (Lipinski definition) is 1. The highest BCUT2D eigenvalue weighted by molar-refractivity contribution is 8.00. The minimum atomic E-state index is -0.628. The molecule has 5 aromatic carbocycles. The quantitative estimate of drug-likeness (QED) is 0.113. The SMILES string of the molecule is CC(C)(C)OC(=O)[C@@H](CNc1ccc([C]=O)c(-c2ccccc2)c1)CSC(c1ccccc1)(c1ccccc1)c1ccccc1. The van der Waals surface area contributed by atoms with Gasteiger partial charge in [-0.1, -0.05) is 121 Å². The summed E-state index contributed by atoms with van der Waals surface area (Å²) in [6, 6.07) is 46.7. The molecule has 5 aromatic rings. The third-order valence-corrected chi connectivity index (χ3v) is 9.26. The Hall–Kier alpha value is -4.61. The molecule has 0 saturated carbocycles. The molecule has 45 heavy (non-hydrogen) atoms. The van der Waals surface area contributed by atoms with Gasteiger partial charge in [-0.25, -0.2) is 0 Å². The molecule has 0 aromatic heterocycles. The van der Waals surface area contributed by atoms with E-state index in [1.807, 2.05) is 81.4 Å². The number of benzene rings is 5. The first-order valence-electron chi connectivity index (χ1n) is 15.1. The van der Waals surface area contributed by atoms with Crippen molar-refractivity contribution in [3.63, 3.8) is 0 Å². The van der Waals surface area contributed by atoms with Crippen molar-refractivity contribution in [3.8, 4) is 11.1 Å². The molecular formula is C40H38NO3S. The topological polar surface area (TPSA) is 55.4 Å². The van der Waals surface area contributed by atoms with Gasteiger partial charge >= 0.3 is 5.97 Å². The number of carbonyl (C=O) groups excluding carboxylic acids is 2. The van der Waals surface area contributed by atoms with Crippen LogP contribution in [0.1, 0.15) is 43.0 Å². The van der Waals surface area contributed by atoms with Crippen LogP contribution in [-0.4, -0.2) is 30.2 Å². The van der Waals surface area contributed by atoms with Crippen LogP contribution < -0.4 is 5.32 Å². The van der Waals surface area contributed by atoms with Crippen molar-refractivity contribution in [3.05, 3.63) is 162 Å². The van der Waals surface area contributed by atoms with E-state index in [0.29, 0.717) is 17.9 Å². The molecule has 0 aliphatic carbocycles. The lowest BCUT2D eigenvalue weighted by Gasteiger charge is -2.36. The Balaban J connectivity index is 1.50. The van der Waals surface area contributed by atoms with Gasteiger partial charge in [0.05, 0.1) is 10.7 Å². The largest absolute Gasteiger partial charge is 0.460 e. The van der Waals surface area contributed by atoms with Crippen LogP contribution in [0, 0.1) is 5.92 Å². The van der Waals surface area contributed by atoms with E-state index in [9.17, 15) is 9.59 Å². The minimum Gasteiger partial charge on any atom is -0.460 e. The summed E-state index contributed by atoms with van der Waals surface area (Å²) in [4.78, 5) is 25.5. The summed E-state index contributed by atoms with van der Waals surface area (Å²) in [6.07, 6.45) is 2.06. The van der Waals surface area contributed by atoms with Crippen LogP contribution in [0.4, 0.5) is 5.69 Å². The molecule has 0 heterocycles. The Morgan fingerprint density at radius 1 is 0.733 bits per heavy atom. The third kappa shape index (κ3) is 7.73. The highest BCUT2D eigenvalue weighted by Crippen LogP contribution is 2.49. The smallest absolute Gasteiger partial charge is 0.312 e. The fourth-order valence-corrected chi connectivity index (χ4v) is 7.04. The summed E-state index contributed by atoms with van der Waals surface area (Å²) in [5, 5.41) is 3.48. The molecule has 0 aliphatic rings. The second-order valence-electron chi connectivity index (χ2n) is 11.9. The average molecular weight is 613 g/mol. The Labute approximate surface area is 270 Å². The van der Waals surface area contributed by atoms with Gasteiger partial charge in [0.15, 0.2) is 0 Å². The summed E-state index contributed by atoms with van der Waals surface area (Å²) in [7, 11) is 0. The number of esters is 1. The minimum absolute atomic E-state index is 0.258. The van der Waals surface area contributed by atoms with Gasteiger partial charge in [-0.05, 0) is 66.8 Å². The van der Waals surface area contributed by atoms with Crippen LogP contribution in [0.25, 0.3) is 11.1 Å². The van der Waals surface area contributed by atoms with Gasteiger partial charge in [-0.2, -0.15) is 0 Å². The molecule has 0 unspecified atom stereocenters. The fraction of sp³-hybridized carbons (Fsp3) is 0.200. The van der Waals surface area contributed by atoms with Crippen molar-refractivity contribution in [2.24, 2.45) is 5.92 Å². The molecule has 1 radical (unpaired) electrons. The van der Waals surface area contributed by atoms with Crippen LogP contribution in [-0.2, 0) is 19.1 Å². The maximum atomic E-state index is 13.8. The maximum absolute atomic E-state index is 13.8. The number of carbonyl (C=O) groups is 1. The van der Waals surface area contributed by atoms with Gasteiger partial charge in [0.25, 0.3) is 0 Å². The number of ether oxygens (including phenoxy) is 1. The average Bonchev–Trinajstić information content (AvgIpc) is 3.07. The molecule has 227 valence electrons. The van der Waals surface area contributed by atoms with Crippen LogP contribution in [0.5, 0.6) is 0 Å². The Morgan fingerprint density at radius 3 is 1.69 bits per heavy atom. The monoisotopic (exact) mass is 612 g/mol. The van der Waals surface area contributed by atoms with Crippen molar-refractivity contribution < 1.29 is 14.3 Å². The number of nitrogens with one attached hydrogen (secondary N) is 1. The summed E-state index contributed by atoms with van der Waals surface area (Å²) in [6.45, 7) is 6.04. The standard InChI is InChI=1S/C40H38NO3S/c1-39(2,3)44-38(43)32(27-41-36-25-24-31(28-42)37(26-36)30-16-8-4-9-17-30)29-45-40(33-18-10-5-11-19-33,34-20-12-6-13-21-34)35-22-14-7-15-23-35/h4-26,32,41H,27,29H2,1-3H3/t32-/m0/s1. The molecule has 5 rings (SSSR count).